The molecule has 2 rings (SSSR count). The molecule has 0 aliphatic carbocycles. The minimum atomic E-state index is 0.549. The third-order valence-corrected chi connectivity index (χ3v) is 3.15. The van der Waals surface area contributed by atoms with E-state index in [-0.39, 0.29) is 0 Å². The fraction of sp³-hybridized carbons (Fsp3) is 0.333. The first kappa shape index (κ1) is 15.5. The number of nitrogens with one attached hydrogen (secondary N) is 2. The summed E-state index contributed by atoms with van der Waals surface area (Å²) in [6, 6.07) is 10.3. The molecular formula is C15H20N4OS. The summed E-state index contributed by atoms with van der Waals surface area (Å²) in [5.74, 6) is 0.734. The lowest BCUT2D eigenvalue weighted by Crippen LogP contribution is -2.31. The van der Waals surface area contributed by atoms with Crippen LogP contribution in [0.2, 0.25) is 0 Å². The van der Waals surface area contributed by atoms with Crippen molar-refractivity contribution in [2.45, 2.75) is 13.5 Å². The van der Waals surface area contributed by atoms with Crippen LogP contribution in [-0.4, -0.2) is 35.2 Å². The zero-order valence-electron chi connectivity index (χ0n) is 12.3. The summed E-state index contributed by atoms with van der Waals surface area (Å²) in [6.45, 7) is 4.12. The van der Waals surface area contributed by atoms with Gasteiger partial charge in [-0.15, -0.1) is 0 Å². The van der Waals surface area contributed by atoms with Crippen molar-refractivity contribution in [2.24, 2.45) is 0 Å². The van der Waals surface area contributed by atoms with Gasteiger partial charge in [-0.2, -0.15) is 5.10 Å². The van der Waals surface area contributed by atoms with Crippen LogP contribution in [0, 0.1) is 6.92 Å². The Labute approximate surface area is 130 Å². The number of thiocarbonyl (C=S) groups is 1. The molecule has 0 aliphatic heterocycles. The van der Waals surface area contributed by atoms with Gasteiger partial charge in [-0.25, -0.2) is 0 Å². The minimum absolute atomic E-state index is 0.549. The molecule has 0 atom stereocenters. The van der Waals surface area contributed by atoms with Gasteiger partial charge in [0.1, 0.15) is 0 Å². The molecule has 2 N–H and O–H groups in total. The van der Waals surface area contributed by atoms with Gasteiger partial charge in [0.05, 0.1) is 13.2 Å². The summed E-state index contributed by atoms with van der Waals surface area (Å²) in [4.78, 5) is 0. The van der Waals surface area contributed by atoms with E-state index in [9.17, 15) is 0 Å². The minimum Gasteiger partial charge on any atom is -0.383 e. The number of aromatic nitrogens is 2. The zero-order valence-corrected chi connectivity index (χ0v) is 13.1. The molecule has 21 heavy (non-hydrogen) atoms. The standard InChI is InChI=1S/C15H20N4OS/c1-12-4-3-5-13(10-12)11-19-8-6-14(18-19)17-15(21)16-7-9-20-2/h3-6,8,10H,7,9,11H2,1-2H3,(H2,16,17,18,21). The van der Waals surface area contributed by atoms with Crippen LogP contribution in [0.1, 0.15) is 11.1 Å². The topological polar surface area (TPSA) is 51.1 Å². The molecule has 1 heterocycles. The molecule has 0 saturated carbocycles. The number of ether oxygens (including phenoxy) is 1. The Kier molecular flexibility index (Phi) is 5.71. The number of anilines is 1. The SMILES string of the molecule is COCCNC(=S)Nc1ccn(Cc2cccc(C)c2)n1. The van der Waals surface area contributed by atoms with Crippen molar-refractivity contribution in [1.82, 2.24) is 15.1 Å². The number of rotatable bonds is 6. The highest BCUT2D eigenvalue weighted by Crippen LogP contribution is 2.08. The van der Waals surface area contributed by atoms with Crippen molar-refractivity contribution in [2.75, 3.05) is 25.6 Å². The predicted octanol–water partition coefficient (Wildman–Crippen LogP) is 2.17. The van der Waals surface area contributed by atoms with Crippen LogP contribution < -0.4 is 10.6 Å². The second-order valence-corrected chi connectivity index (χ2v) is 5.17. The number of nitrogens with zero attached hydrogens (tertiary/aromatic N) is 2. The number of hydrogen-bond donors (Lipinski definition) is 2. The molecule has 0 unspecified atom stereocenters. The molecule has 0 bridgehead atoms. The van der Waals surface area contributed by atoms with Crippen LogP contribution in [0.15, 0.2) is 36.5 Å². The average Bonchev–Trinajstić information content (AvgIpc) is 2.86. The van der Waals surface area contributed by atoms with Crippen molar-refractivity contribution in [3.63, 3.8) is 0 Å². The maximum absolute atomic E-state index is 5.18. The van der Waals surface area contributed by atoms with Crippen molar-refractivity contribution in [1.29, 1.82) is 0 Å². The average molecular weight is 304 g/mol. The van der Waals surface area contributed by atoms with Gasteiger partial charge in [0.15, 0.2) is 10.9 Å². The fourth-order valence-electron chi connectivity index (χ4n) is 1.94. The molecular weight excluding hydrogens is 284 g/mol. The summed E-state index contributed by atoms with van der Waals surface area (Å²) in [6.07, 6.45) is 1.93. The van der Waals surface area contributed by atoms with Crippen LogP contribution in [0.25, 0.3) is 0 Å². The quantitative estimate of drug-likeness (QED) is 0.633. The van der Waals surface area contributed by atoms with E-state index in [1.54, 1.807) is 7.11 Å². The number of benzene rings is 1. The Bertz CT molecular complexity index is 597. The van der Waals surface area contributed by atoms with Gasteiger partial charge >= 0.3 is 0 Å². The fourth-order valence-corrected chi connectivity index (χ4v) is 2.15. The molecule has 112 valence electrons. The van der Waals surface area contributed by atoms with Crippen LogP contribution in [0.5, 0.6) is 0 Å². The first-order chi connectivity index (χ1) is 10.2. The Hall–Kier alpha value is -1.92. The highest BCUT2D eigenvalue weighted by molar-refractivity contribution is 7.80. The van der Waals surface area contributed by atoms with E-state index in [0.29, 0.717) is 18.3 Å². The highest BCUT2D eigenvalue weighted by Gasteiger charge is 2.02. The van der Waals surface area contributed by atoms with E-state index >= 15 is 0 Å². The van der Waals surface area contributed by atoms with E-state index in [4.69, 9.17) is 17.0 Å². The Morgan fingerprint density at radius 3 is 3.00 bits per heavy atom. The lowest BCUT2D eigenvalue weighted by molar-refractivity contribution is 0.204. The van der Waals surface area contributed by atoms with Crippen LogP contribution in [0.3, 0.4) is 0 Å². The smallest absolute Gasteiger partial charge is 0.172 e. The summed E-state index contributed by atoms with van der Waals surface area (Å²) >= 11 is 5.18. The molecule has 0 aliphatic rings. The monoisotopic (exact) mass is 304 g/mol. The van der Waals surface area contributed by atoms with Gasteiger partial charge in [0, 0.05) is 25.9 Å². The molecule has 0 amide bonds. The lowest BCUT2D eigenvalue weighted by Gasteiger charge is -2.07. The van der Waals surface area contributed by atoms with Gasteiger partial charge in [-0.3, -0.25) is 4.68 Å². The third-order valence-electron chi connectivity index (χ3n) is 2.90. The summed E-state index contributed by atoms with van der Waals surface area (Å²) in [7, 11) is 1.66. The Balaban J connectivity index is 1.88. The van der Waals surface area contributed by atoms with E-state index in [0.717, 1.165) is 12.4 Å². The normalized spacial score (nSPS) is 10.4. The first-order valence-corrected chi connectivity index (χ1v) is 7.21. The van der Waals surface area contributed by atoms with Crippen LogP contribution >= 0.6 is 12.2 Å². The third kappa shape index (κ3) is 5.17. The van der Waals surface area contributed by atoms with E-state index in [2.05, 4.69) is 46.9 Å². The molecule has 2 aromatic rings. The molecule has 0 saturated heterocycles. The molecule has 0 spiro atoms. The molecule has 1 aromatic heterocycles. The van der Waals surface area contributed by atoms with Crippen molar-refractivity contribution >= 4 is 23.1 Å². The van der Waals surface area contributed by atoms with Crippen LogP contribution in [0.4, 0.5) is 5.82 Å². The first-order valence-electron chi connectivity index (χ1n) is 6.80. The summed E-state index contributed by atoms with van der Waals surface area (Å²) < 4.78 is 6.84. The van der Waals surface area contributed by atoms with Gasteiger partial charge in [0.25, 0.3) is 0 Å². The summed E-state index contributed by atoms with van der Waals surface area (Å²) in [5, 5.41) is 11.1. The molecule has 0 fully saturated rings. The number of aryl methyl sites for hydroxylation is 1. The van der Waals surface area contributed by atoms with E-state index in [1.165, 1.54) is 11.1 Å². The van der Waals surface area contributed by atoms with Gasteiger partial charge in [-0.05, 0) is 24.7 Å². The second kappa shape index (κ2) is 7.75. The second-order valence-electron chi connectivity index (χ2n) is 4.76. The van der Waals surface area contributed by atoms with Gasteiger partial charge in [-0.1, -0.05) is 29.8 Å². The van der Waals surface area contributed by atoms with Crippen molar-refractivity contribution in [3.8, 4) is 0 Å². The van der Waals surface area contributed by atoms with Gasteiger partial charge in [0.2, 0.25) is 0 Å². The Morgan fingerprint density at radius 2 is 2.24 bits per heavy atom. The van der Waals surface area contributed by atoms with E-state index in [1.807, 2.05) is 16.9 Å². The van der Waals surface area contributed by atoms with Gasteiger partial charge < -0.3 is 15.4 Å². The molecule has 6 heteroatoms. The van der Waals surface area contributed by atoms with Crippen molar-refractivity contribution in [3.05, 3.63) is 47.7 Å². The molecule has 1 aromatic carbocycles. The summed E-state index contributed by atoms with van der Waals surface area (Å²) in [5.41, 5.74) is 2.48. The largest absolute Gasteiger partial charge is 0.383 e. The van der Waals surface area contributed by atoms with E-state index < -0.39 is 0 Å². The zero-order chi connectivity index (χ0) is 15.1. The lowest BCUT2D eigenvalue weighted by atomic mass is 10.1. The van der Waals surface area contributed by atoms with Crippen molar-refractivity contribution < 1.29 is 4.74 Å². The highest BCUT2D eigenvalue weighted by atomic mass is 32.1. The maximum atomic E-state index is 5.18. The maximum Gasteiger partial charge on any atom is 0.172 e. The predicted molar refractivity (Wildman–Crippen MR) is 88.6 cm³/mol. The number of methoxy groups -OCH3 is 1. The van der Waals surface area contributed by atoms with Crippen LogP contribution in [-0.2, 0) is 11.3 Å². The molecule has 0 radical (unpaired) electrons. The number of hydrogen-bond acceptors (Lipinski definition) is 3. The Morgan fingerprint density at radius 1 is 1.38 bits per heavy atom. The molecule has 5 nitrogen and oxygen atoms in total.